The first kappa shape index (κ1) is 19.1. The van der Waals surface area contributed by atoms with E-state index in [1.807, 2.05) is 18.5 Å². The fourth-order valence-electron chi connectivity index (χ4n) is 3.89. The molecule has 152 valence electrons. The first-order chi connectivity index (χ1) is 14.8. The summed E-state index contributed by atoms with van der Waals surface area (Å²) >= 11 is 1.65. The summed E-state index contributed by atoms with van der Waals surface area (Å²) < 4.78 is 0. The fourth-order valence-corrected chi connectivity index (χ4v) is 4.76. The van der Waals surface area contributed by atoms with Gasteiger partial charge in [-0.25, -0.2) is 4.98 Å². The van der Waals surface area contributed by atoms with E-state index < -0.39 is 0 Å². The molecule has 5 nitrogen and oxygen atoms in total. The van der Waals surface area contributed by atoms with E-state index in [1.165, 1.54) is 5.39 Å². The third-order valence-electron chi connectivity index (χ3n) is 5.68. The molecule has 4 heterocycles. The molecule has 0 spiro atoms. The zero-order valence-corrected chi connectivity index (χ0v) is 17.9. The van der Waals surface area contributed by atoms with Crippen LogP contribution in [0.25, 0.3) is 21.1 Å². The number of fused-ring (bicyclic) bond motifs is 2. The molecule has 0 bridgehead atoms. The first-order valence-electron chi connectivity index (χ1n) is 10.4. The number of aromatic nitrogens is 2. The van der Waals surface area contributed by atoms with Gasteiger partial charge in [0.2, 0.25) is 0 Å². The predicted molar refractivity (Wildman–Crippen MR) is 127 cm³/mol. The maximum atomic E-state index is 4.55. The second-order valence-electron chi connectivity index (χ2n) is 7.79. The lowest BCUT2D eigenvalue weighted by atomic mass is 10.1. The minimum absolute atomic E-state index is 0.897. The Morgan fingerprint density at radius 2 is 2.07 bits per heavy atom. The van der Waals surface area contributed by atoms with Gasteiger partial charge in [0.1, 0.15) is 4.83 Å². The highest BCUT2D eigenvalue weighted by molar-refractivity contribution is 7.17. The van der Waals surface area contributed by atoms with Crippen LogP contribution in [0.1, 0.15) is 12.0 Å². The number of pyridine rings is 1. The van der Waals surface area contributed by atoms with Gasteiger partial charge >= 0.3 is 0 Å². The number of nitrogens with zero attached hydrogens (tertiary/aromatic N) is 3. The monoisotopic (exact) mass is 415 g/mol. The van der Waals surface area contributed by atoms with Gasteiger partial charge in [0.25, 0.3) is 0 Å². The molecule has 1 aliphatic heterocycles. The van der Waals surface area contributed by atoms with Crippen LogP contribution < -0.4 is 5.32 Å². The maximum absolute atomic E-state index is 4.55. The van der Waals surface area contributed by atoms with E-state index in [2.05, 4.69) is 73.6 Å². The summed E-state index contributed by atoms with van der Waals surface area (Å²) in [7, 11) is 2.19. The number of piperazine rings is 1. The molecule has 0 radical (unpaired) electrons. The van der Waals surface area contributed by atoms with E-state index in [4.69, 9.17) is 0 Å². The summed E-state index contributed by atoms with van der Waals surface area (Å²) in [5.41, 5.74) is 4.32. The molecule has 6 heteroatoms. The summed E-state index contributed by atoms with van der Waals surface area (Å²) in [6.07, 6.45) is 4.72. The van der Waals surface area contributed by atoms with E-state index in [0.717, 1.165) is 71.8 Å². The minimum atomic E-state index is 0.897. The number of H-pyrrole nitrogens is 1. The van der Waals surface area contributed by atoms with Crippen LogP contribution in [0, 0.1) is 11.8 Å². The van der Waals surface area contributed by atoms with Crippen LogP contribution in [0.3, 0.4) is 0 Å². The van der Waals surface area contributed by atoms with Crippen molar-refractivity contribution in [2.75, 3.05) is 45.1 Å². The molecule has 1 aliphatic rings. The molecule has 4 aromatic rings. The van der Waals surface area contributed by atoms with Gasteiger partial charge in [0.15, 0.2) is 0 Å². The number of nitrogens with one attached hydrogen (secondary N) is 2. The van der Waals surface area contributed by atoms with E-state index in [-0.39, 0.29) is 0 Å². The van der Waals surface area contributed by atoms with Crippen LogP contribution in [0.4, 0.5) is 11.4 Å². The molecule has 5 rings (SSSR count). The lowest BCUT2D eigenvalue weighted by molar-refractivity contribution is 0.157. The van der Waals surface area contributed by atoms with Crippen molar-refractivity contribution in [3.8, 4) is 11.8 Å². The van der Waals surface area contributed by atoms with Gasteiger partial charge in [-0.05, 0) is 37.4 Å². The number of hydrogen-bond donors (Lipinski definition) is 2. The molecule has 1 fully saturated rings. The molecule has 2 N–H and O–H groups in total. The number of rotatable bonds is 4. The second kappa shape index (κ2) is 8.49. The highest BCUT2D eigenvalue weighted by Crippen LogP contribution is 2.32. The molecular formula is C24H25N5S. The van der Waals surface area contributed by atoms with Crippen molar-refractivity contribution in [2.45, 2.75) is 6.42 Å². The Morgan fingerprint density at radius 1 is 1.17 bits per heavy atom. The minimum Gasteiger partial charge on any atom is -0.361 e. The van der Waals surface area contributed by atoms with Crippen molar-refractivity contribution in [1.29, 1.82) is 0 Å². The number of thiophene rings is 1. The molecule has 3 aromatic heterocycles. The summed E-state index contributed by atoms with van der Waals surface area (Å²) in [6.45, 7) is 5.63. The highest BCUT2D eigenvalue weighted by Gasteiger charge is 2.12. The van der Waals surface area contributed by atoms with Crippen LogP contribution in [-0.2, 0) is 0 Å². The number of anilines is 2. The molecule has 0 saturated carbocycles. The Labute approximate surface area is 180 Å². The van der Waals surface area contributed by atoms with Crippen LogP contribution in [-0.4, -0.2) is 59.5 Å². The Hall–Kier alpha value is -2.85. The lowest BCUT2D eigenvalue weighted by Crippen LogP contribution is -2.44. The van der Waals surface area contributed by atoms with Gasteiger partial charge in [-0.1, -0.05) is 11.8 Å². The van der Waals surface area contributed by atoms with Crippen molar-refractivity contribution < 1.29 is 0 Å². The van der Waals surface area contributed by atoms with Crippen molar-refractivity contribution in [2.24, 2.45) is 0 Å². The highest BCUT2D eigenvalue weighted by atomic mass is 32.1. The molecule has 1 aromatic carbocycles. The van der Waals surface area contributed by atoms with Crippen LogP contribution in [0.2, 0.25) is 0 Å². The predicted octanol–water partition coefficient (Wildman–Crippen LogP) is 4.51. The molecule has 0 unspecified atom stereocenters. The van der Waals surface area contributed by atoms with Crippen molar-refractivity contribution >= 4 is 43.8 Å². The number of likely N-dealkylation sites (N-methyl/N-ethyl adjacent to an activating group) is 1. The molecule has 0 atom stereocenters. The average Bonchev–Trinajstić information content (AvgIpc) is 3.40. The van der Waals surface area contributed by atoms with E-state index >= 15 is 0 Å². The largest absolute Gasteiger partial charge is 0.361 e. The Kier molecular flexibility index (Phi) is 5.41. The van der Waals surface area contributed by atoms with Gasteiger partial charge < -0.3 is 15.2 Å². The molecular weight excluding hydrogens is 390 g/mol. The van der Waals surface area contributed by atoms with Gasteiger partial charge in [-0.15, -0.1) is 11.3 Å². The van der Waals surface area contributed by atoms with E-state index in [1.54, 1.807) is 11.3 Å². The molecule has 0 aliphatic carbocycles. The van der Waals surface area contributed by atoms with E-state index in [0.29, 0.717) is 0 Å². The Bertz CT molecular complexity index is 1220. The van der Waals surface area contributed by atoms with Gasteiger partial charge in [-0.3, -0.25) is 4.90 Å². The third kappa shape index (κ3) is 4.05. The van der Waals surface area contributed by atoms with Crippen LogP contribution in [0.15, 0.2) is 48.1 Å². The lowest BCUT2D eigenvalue weighted by Gasteiger charge is -2.31. The van der Waals surface area contributed by atoms with Gasteiger partial charge in [0.05, 0.1) is 11.1 Å². The Balaban J connectivity index is 1.34. The van der Waals surface area contributed by atoms with Gasteiger partial charge in [-0.2, -0.15) is 0 Å². The zero-order chi connectivity index (χ0) is 20.3. The normalized spacial score (nSPS) is 15.4. The number of benzene rings is 1. The standard InChI is InChI=1S/C24H25N5S/c1-28-12-14-29(15-13-28)11-3-2-4-19-17-30-24-23(19)22(8-10-26-24)27-20-5-6-21-18(16-20)7-9-25-21/h5-10,16-17,25H,3,11-15H2,1H3,(H,26,27). The van der Waals surface area contributed by atoms with Gasteiger partial charge in [0, 0.05) is 79.1 Å². The molecule has 1 saturated heterocycles. The van der Waals surface area contributed by atoms with E-state index in [9.17, 15) is 0 Å². The number of hydrogen-bond acceptors (Lipinski definition) is 5. The SMILES string of the molecule is CN1CCN(CCC#Cc2csc3nccc(Nc4ccc5[nH]ccc5c4)c23)CC1. The van der Waals surface area contributed by atoms with Crippen LogP contribution in [0.5, 0.6) is 0 Å². The molecule has 0 amide bonds. The number of aromatic amines is 1. The summed E-state index contributed by atoms with van der Waals surface area (Å²) in [6, 6.07) is 10.5. The van der Waals surface area contributed by atoms with Crippen LogP contribution >= 0.6 is 11.3 Å². The smallest absolute Gasteiger partial charge is 0.126 e. The topological polar surface area (TPSA) is 47.2 Å². The maximum Gasteiger partial charge on any atom is 0.126 e. The van der Waals surface area contributed by atoms with Crippen molar-refractivity contribution in [3.05, 3.63) is 53.7 Å². The third-order valence-corrected chi connectivity index (χ3v) is 6.56. The fraction of sp³-hybridized carbons (Fsp3) is 0.292. The second-order valence-corrected chi connectivity index (χ2v) is 8.65. The summed E-state index contributed by atoms with van der Waals surface area (Å²) in [4.78, 5) is 13.7. The first-order valence-corrected chi connectivity index (χ1v) is 11.2. The van der Waals surface area contributed by atoms with Crippen molar-refractivity contribution in [3.63, 3.8) is 0 Å². The zero-order valence-electron chi connectivity index (χ0n) is 17.1. The average molecular weight is 416 g/mol. The molecule has 30 heavy (non-hydrogen) atoms. The quantitative estimate of drug-likeness (QED) is 0.482. The Morgan fingerprint density at radius 3 is 2.97 bits per heavy atom. The van der Waals surface area contributed by atoms with Crippen molar-refractivity contribution in [1.82, 2.24) is 19.8 Å². The summed E-state index contributed by atoms with van der Waals surface area (Å²) in [5.74, 6) is 6.80. The summed E-state index contributed by atoms with van der Waals surface area (Å²) in [5, 5.41) is 8.01.